The van der Waals surface area contributed by atoms with Crippen LogP contribution in [0, 0.1) is 11.8 Å². The van der Waals surface area contributed by atoms with Gasteiger partial charge in [0.15, 0.2) is 0 Å². The first kappa shape index (κ1) is 12.9. The summed E-state index contributed by atoms with van der Waals surface area (Å²) in [4.78, 5) is 10.0. The summed E-state index contributed by atoms with van der Waals surface area (Å²) in [5.41, 5.74) is -0.135. The number of alkyl halides is 3. The Morgan fingerprint density at radius 1 is 1.41 bits per heavy atom. The van der Waals surface area contributed by atoms with Gasteiger partial charge in [0.2, 0.25) is 0 Å². The Bertz CT molecular complexity index is 469. The molecule has 0 radical (unpaired) electrons. The lowest BCUT2D eigenvalue weighted by Gasteiger charge is -2.10. The fraction of sp³-hybridized carbons (Fsp3) is 0.182. The molecule has 1 rings (SSSR count). The maximum absolute atomic E-state index is 12.0. The molecule has 0 atom stereocenters. The van der Waals surface area contributed by atoms with Crippen molar-refractivity contribution in [3.63, 3.8) is 0 Å². The van der Waals surface area contributed by atoms with Crippen LogP contribution in [-0.4, -0.2) is 17.8 Å². The van der Waals surface area contributed by atoms with Crippen LogP contribution >= 0.6 is 0 Å². The fourth-order valence-electron chi connectivity index (χ4n) is 1.02. The summed E-state index contributed by atoms with van der Waals surface area (Å²) in [7, 11) is 0. The highest BCUT2D eigenvalue weighted by Gasteiger charge is 2.32. The van der Waals surface area contributed by atoms with E-state index in [2.05, 4.69) is 16.6 Å². The van der Waals surface area contributed by atoms with Gasteiger partial charge in [0.25, 0.3) is 0 Å². The average Bonchev–Trinajstić information content (AvgIpc) is 2.20. The molecule has 90 valence electrons. The fourth-order valence-corrected chi connectivity index (χ4v) is 1.02. The maximum Gasteiger partial charge on any atom is 0.573 e. The van der Waals surface area contributed by atoms with Gasteiger partial charge in [-0.2, -0.15) is 0 Å². The quantitative estimate of drug-likeness (QED) is 0.641. The number of benzene rings is 1. The second kappa shape index (κ2) is 5.25. The number of halogens is 3. The molecule has 0 aliphatic rings. The number of aromatic hydroxyl groups is 1. The van der Waals surface area contributed by atoms with E-state index in [1.165, 1.54) is 0 Å². The summed E-state index contributed by atoms with van der Waals surface area (Å²) in [6, 6.07) is 3.03. The van der Waals surface area contributed by atoms with E-state index in [1.54, 1.807) is 0 Å². The van der Waals surface area contributed by atoms with E-state index < -0.39 is 12.1 Å². The number of hydrogen-bond donors (Lipinski definition) is 1. The van der Waals surface area contributed by atoms with Gasteiger partial charge in [-0.25, -0.2) is 0 Å². The maximum atomic E-state index is 12.0. The number of phenolic OH excluding ortho intramolecular Hbond substituents is 1. The molecule has 3 nitrogen and oxygen atoms in total. The first-order valence-electron chi connectivity index (χ1n) is 4.43. The summed E-state index contributed by atoms with van der Waals surface area (Å²) in [6.07, 6.45) is -4.43. The van der Waals surface area contributed by atoms with Crippen molar-refractivity contribution in [2.75, 3.05) is 0 Å². The standard InChI is InChI=1S/C11H7F3O3/c12-11(13,14)17-10-5-4-9(16)7-8(10)3-1-2-6-15/h4-7,16H,2H2. The highest BCUT2D eigenvalue weighted by Crippen LogP contribution is 2.28. The largest absolute Gasteiger partial charge is 0.573 e. The van der Waals surface area contributed by atoms with Crippen LogP contribution in [0.2, 0.25) is 0 Å². The minimum atomic E-state index is -4.84. The molecule has 0 bridgehead atoms. The Balaban J connectivity index is 3.05. The van der Waals surface area contributed by atoms with Crippen LogP contribution in [0.1, 0.15) is 12.0 Å². The minimum absolute atomic E-state index is 0.110. The van der Waals surface area contributed by atoms with Crippen LogP contribution in [-0.2, 0) is 4.79 Å². The number of ether oxygens (including phenoxy) is 1. The summed E-state index contributed by atoms with van der Waals surface area (Å²) in [5, 5.41) is 9.12. The molecule has 0 unspecified atom stereocenters. The van der Waals surface area contributed by atoms with Gasteiger partial charge < -0.3 is 14.6 Å². The van der Waals surface area contributed by atoms with E-state index in [0.29, 0.717) is 6.29 Å². The molecule has 6 heteroatoms. The third-order valence-electron chi connectivity index (χ3n) is 1.60. The van der Waals surface area contributed by atoms with E-state index in [-0.39, 0.29) is 17.7 Å². The summed E-state index contributed by atoms with van der Waals surface area (Å²) in [5.74, 6) is 3.88. The summed E-state index contributed by atoms with van der Waals surface area (Å²) < 4.78 is 39.8. The van der Waals surface area contributed by atoms with Crippen LogP contribution < -0.4 is 4.74 Å². The minimum Gasteiger partial charge on any atom is -0.508 e. The van der Waals surface area contributed by atoms with Crippen molar-refractivity contribution in [3.05, 3.63) is 23.8 Å². The predicted octanol–water partition coefficient (Wildman–Crippen LogP) is 2.23. The number of carbonyl (C=O) groups is 1. The topological polar surface area (TPSA) is 46.5 Å². The van der Waals surface area contributed by atoms with Crippen LogP contribution in [0.25, 0.3) is 0 Å². The van der Waals surface area contributed by atoms with Gasteiger partial charge in [-0.15, -0.1) is 13.2 Å². The summed E-state index contributed by atoms with van der Waals surface area (Å²) in [6.45, 7) is 0. The zero-order valence-electron chi connectivity index (χ0n) is 8.41. The molecule has 0 amide bonds. The highest BCUT2D eigenvalue weighted by molar-refractivity contribution is 5.56. The van der Waals surface area contributed by atoms with Gasteiger partial charge in [0.05, 0.1) is 12.0 Å². The van der Waals surface area contributed by atoms with Crippen LogP contribution in [0.15, 0.2) is 18.2 Å². The lowest BCUT2D eigenvalue weighted by Crippen LogP contribution is -2.17. The Labute approximate surface area is 94.8 Å². The first-order valence-corrected chi connectivity index (χ1v) is 4.43. The van der Waals surface area contributed by atoms with Gasteiger partial charge in [0.1, 0.15) is 17.8 Å². The van der Waals surface area contributed by atoms with Crippen molar-refractivity contribution in [3.8, 4) is 23.3 Å². The predicted molar refractivity (Wildman–Crippen MR) is 52.3 cm³/mol. The van der Waals surface area contributed by atoms with Gasteiger partial charge in [-0.05, 0) is 18.2 Å². The average molecular weight is 244 g/mol. The van der Waals surface area contributed by atoms with Gasteiger partial charge >= 0.3 is 6.36 Å². The van der Waals surface area contributed by atoms with Crippen LogP contribution in [0.5, 0.6) is 11.5 Å². The van der Waals surface area contributed by atoms with Gasteiger partial charge in [0, 0.05) is 0 Å². The van der Waals surface area contributed by atoms with Crippen molar-refractivity contribution < 1.29 is 27.8 Å². The Hall–Kier alpha value is -2.16. The van der Waals surface area contributed by atoms with Crippen LogP contribution in [0.3, 0.4) is 0 Å². The van der Waals surface area contributed by atoms with Crippen molar-refractivity contribution >= 4 is 6.29 Å². The third-order valence-corrected chi connectivity index (χ3v) is 1.60. The molecule has 1 aromatic carbocycles. The molecule has 0 aromatic heterocycles. The number of hydrogen-bond acceptors (Lipinski definition) is 3. The molecule has 17 heavy (non-hydrogen) atoms. The monoisotopic (exact) mass is 244 g/mol. The molecule has 1 aromatic rings. The lowest BCUT2D eigenvalue weighted by molar-refractivity contribution is -0.274. The first-order chi connectivity index (χ1) is 7.92. The number of rotatable bonds is 2. The van der Waals surface area contributed by atoms with Crippen LogP contribution in [0.4, 0.5) is 13.2 Å². The Kier molecular flexibility index (Phi) is 3.99. The molecule has 0 heterocycles. The van der Waals surface area contributed by atoms with Crippen molar-refractivity contribution in [2.45, 2.75) is 12.8 Å². The Morgan fingerprint density at radius 2 is 2.12 bits per heavy atom. The second-order valence-corrected chi connectivity index (χ2v) is 2.90. The zero-order chi connectivity index (χ0) is 12.9. The van der Waals surface area contributed by atoms with E-state index in [0.717, 1.165) is 18.2 Å². The highest BCUT2D eigenvalue weighted by atomic mass is 19.4. The molecule has 0 spiro atoms. The van der Waals surface area contributed by atoms with E-state index in [1.807, 2.05) is 0 Å². The third kappa shape index (κ3) is 4.47. The molecule has 0 saturated carbocycles. The van der Waals surface area contributed by atoms with E-state index >= 15 is 0 Å². The summed E-state index contributed by atoms with van der Waals surface area (Å²) >= 11 is 0. The molecule has 0 aliphatic heterocycles. The number of aldehydes is 1. The van der Waals surface area contributed by atoms with Crippen molar-refractivity contribution in [2.24, 2.45) is 0 Å². The molecule has 1 N–H and O–H groups in total. The molecule has 0 aliphatic carbocycles. The molecular weight excluding hydrogens is 237 g/mol. The molecular formula is C11H7F3O3. The Morgan fingerprint density at radius 3 is 2.71 bits per heavy atom. The number of phenols is 1. The van der Waals surface area contributed by atoms with Crippen molar-refractivity contribution in [1.29, 1.82) is 0 Å². The van der Waals surface area contributed by atoms with E-state index in [9.17, 15) is 18.0 Å². The number of carbonyl (C=O) groups excluding carboxylic acids is 1. The molecule has 0 saturated heterocycles. The van der Waals surface area contributed by atoms with E-state index in [4.69, 9.17) is 5.11 Å². The lowest BCUT2D eigenvalue weighted by atomic mass is 10.2. The normalized spacial score (nSPS) is 10.3. The molecule has 0 fully saturated rings. The van der Waals surface area contributed by atoms with Gasteiger partial charge in [-0.1, -0.05) is 11.8 Å². The van der Waals surface area contributed by atoms with Crippen molar-refractivity contribution in [1.82, 2.24) is 0 Å². The second-order valence-electron chi connectivity index (χ2n) is 2.90. The SMILES string of the molecule is O=CCC#Cc1cc(O)ccc1OC(F)(F)F. The van der Waals surface area contributed by atoms with Gasteiger partial charge in [-0.3, -0.25) is 0 Å². The zero-order valence-corrected chi connectivity index (χ0v) is 8.41. The smallest absolute Gasteiger partial charge is 0.508 e.